The first-order valence-corrected chi connectivity index (χ1v) is 11.0. The SMILES string of the molecule is CCCCCCCCCOc1ccc(-c2ccc(CCCC(C)F)cn2)cc1. The number of aromatic nitrogens is 1. The first-order chi connectivity index (χ1) is 13.7. The Hall–Kier alpha value is -1.90. The van der Waals surface area contributed by atoms with E-state index in [2.05, 4.69) is 30.1 Å². The van der Waals surface area contributed by atoms with Crippen molar-refractivity contribution in [3.05, 3.63) is 48.2 Å². The van der Waals surface area contributed by atoms with Gasteiger partial charge in [-0.15, -0.1) is 0 Å². The molecule has 28 heavy (non-hydrogen) atoms. The van der Waals surface area contributed by atoms with Crippen LogP contribution in [0.4, 0.5) is 4.39 Å². The standard InChI is InChI=1S/C25H36FNO/c1-3-4-5-6-7-8-9-19-28-24-16-14-23(15-17-24)25-18-13-22(20-27-25)12-10-11-21(2)26/h13-18,20-21H,3-12,19H2,1-2H3. The van der Waals surface area contributed by atoms with Crippen LogP contribution in [0.25, 0.3) is 11.3 Å². The number of alkyl halides is 1. The summed E-state index contributed by atoms with van der Waals surface area (Å²) in [6.45, 7) is 4.66. The van der Waals surface area contributed by atoms with Gasteiger partial charge in [-0.3, -0.25) is 4.98 Å². The van der Waals surface area contributed by atoms with Crippen molar-refractivity contribution >= 4 is 0 Å². The summed E-state index contributed by atoms with van der Waals surface area (Å²) in [5.74, 6) is 0.923. The lowest BCUT2D eigenvalue weighted by molar-refractivity contribution is 0.304. The summed E-state index contributed by atoms with van der Waals surface area (Å²) in [5, 5.41) is 0. The zero-order valence-electron chi connectivity index (χ0n) is 17.6. The van der Waals surface area contributed by atoms with Crippen LogP contribution in [0.3, 0.4) is 0 Å². The molecule has 0 spiro atoms. The molecule has 0 amide bonds. The second-order valence-corrected chi connectivity index (χ2v) is 7.72. The van der Waals surface area contributed by atoms with Gasteiger partial charge in [-0.25, -0.2) is 4.39 Å². The fourth-order valence-corrected chi connectivity index (χ4v) is 3.30. The van der Waals surface area contributed by atoms with Gasteiger partial charge in [0.15, 0.2) is 0 Å². The van der Waals surface area contributed by atoms with Gasteiger partial charge >= 0.3 is 0 Å². The highest BCUT2D eigenvalue weighted by Gasteiger charge is 2.03. The molecule has 0 aliphatic carbocycles. The van der Waals surface area contributed by atoms with Gasteiger partial charge in [-0.2, -0.15) is 0 Å². The average Bonchev–Trinajstić information content (AvgIpc) is 2.71. The van der Waals surface area contributed by atoms with E-state index in [1.165, 1.54) is 44.1 Å². The van der Waals surface area contributed by atoms with E-state index in [9.17, 15) is 4.39 Å². The third-order valence-electron chi connectivity index (χ3n) is 5.06. The third-order valence-corrected chi connectivity index (χ3v) is 5.06. The molecule has 0 radical (unpaired) electrons. The molecule has 1 heterocycles. The number of hydrogen-bond acceptors (Lipinski definition) is 2. The molecule has 1 atom stereocenters. The zero-order valence-corrected chi connectivity index (χ0v) is 17.6. The van der Waals surface area contributed by atoms with Crippen LogP contribution in [0.15, 0.2) is 42.6 Å². The van der Waals surface area contributed by atoms with Gasteiger partial charge in [0.05, 0.1) is 18.5 Å². The lowest BCUT2D eigenvalue weighted by Gasteiger charge is -2.08. The largest absolute Gasteiger partial charge is 0.494 e. The second kappa shape index (κ2) is 13.3. The van der Waals surface area contributed by atoms with E-state index in [4.69, 9.17) is 4.74 Å². The number of pyridine rings is 1. The van der Waals surface area contributed by atoms with Gasteiger partial charge in [0.1, 0.15) is 5.75 Å². The molecule has 0 aliphatic heterocycles. The maximum absolute atomic E-state index is 12.9. The average molecular weight is 386 g/mol. The molecular formula is C25H36FNO. The minimum absolute atomic E-state index is 0.613. The third kappa shape index (κ3) is 8.86. The van der Waals surface area contributed by atoms with Crippen LogP contribution in [0.2, 0.25) is 0 Å². The molecule has 1 aromatic carbocycles. The normalized spacial score (nSPS) is 12.1. The van der Waals surface area contributed by atoms with Crippen LogP contribution in [-0.2, 0) is 6.42 Å². The van der Waals surface area contributed by atoms with Gasteiger partial charge in [0, 0.05) is 11.8 Å². The number of nitrogens with zero attached hydrogens (tertiary/aromatic N) is 1. The van der Waals surface area contributed by atoms with Gasteiger partial charge in [-0.1, -0.05) is 51.5 Å². The highest BCUT2D eigenvalue weighted by molar-refractivity contribution is 5.60. The number of ether oxygens (including phenoxy) is 1. The molecule has 2 rings (SSSR count). The van der Waals surface area contributed by atoms with Crippen LogP contribution in [-0.4, -0.2) is 17.8 Å². The molecule has 2 aromatic rings. The lowest BCUT2D eigenvalue weighted by atomic mass is 10.1. The zero-order chi connectivity index (χ0) is 20.0. The summed E-state index contributed by atoms with van der Waals surface area (Å²) in [5.41, 5.74) is 3.22. The van der Waals surface area contributed by atoms with Crippen LogP contribution in [0.5, 0.6) is 5.75 Å². The molecule has 1 unspecified atom stereocenters. The fraction of sp³-hybridized carbons (Fsp3) is 0.560. The van der Waals surface area contributed by atoms with Crippen LogP contribution in [0, 0.1) is 0 Å². The van der Waals surface area contributed by atoms with E-state index in [0.717, 1.165) is 42.9 Å². The van der Waals surface area contributed by atoms with Crippen molar-refractivity contribution in [1.29, 1.82) is 0 Å². The number of aryl methyl sites for hydroxylation is 1. The molecular weight excluding hydrogens is 349 g/mol. The minimum Gasteiger partial charge on any atom is -0.494 e. The molecule has 1 aromatic heterocycles. The number of rotatable bonds is 14. The Bertz CT molecular complexity index is 637. The Labute approximate surface area is 170 Å². The molecule has 0 bridgehead atoms. The summed E-state index contributed by atoms with van der Waals surface area (Å²) in [4.78, 5) is 4.56. The quantitative estimate of drug-likeness (QED) is 0.313. The maximum atomic E-state index is 12.9. The first-order valence-electron chi connectivity index (χ1n) is 11.0. The monoisotopic (exact) mass is 385 g/mol. The van der Waals surface area contributed by atoms with Crippen molar-refractivity contribution in [2.45, 2.75) is 84.2 Å². The Morgan fingerprint density at radius 1 is 0.893 bits per heavy atom. The molecule has 0 fully saturated rings. The molecule has 0 aliphatic rings. The van der Waals surface area contributed by atoms with Crippen molar-refractivity contribution in [1.82, 2.24) is 4.98 Å². The summed E-state index contributed by atoms with van der Waals surface area (Å²) < 4.78 is 18.7. The van der Waals surface area contributed by atoms with Gasteiger partial charge in [0.25, 0.3) is 0 Å². The van der Waals surface area contributed by atoms with Crippen molar-refractivity contribution in [2.75, 3.05) is 6.61 Å². The number of benzene rings is 1. The van der Waals surface area contributed by atoms with Crippen LogP contribution < -0.4 is 4.74 Å². The Balaban J connectivity index is 1.70. The number of hydrogen-bond donors (Lipinski definition) is 0. The number of unbranched alkanes of at least 4 members (excludes halogenated alkanes) is 6. The maximum Gasteiger partial charge on any atom is 0.119 e. The Morgan fingerprint density at radius 3 is 2.25 bits per heavy atom. The minimum atomic E-state index is -0.723. The number of halogens is 1. The van der Waals surface area contributed by atoms with E-state index < -0.39 is 6.17 Å². The highest BCUT2D eigenvalue weighted by atomic mass is 19.1. The summed E-state index contributed by atoms with van der Waals surface area (Å²) >= 11 is 0. The van der Waals surface area contributed by atoms with E-state index in [1.807, 2.05) is 24.4 Å². The molecule has 0 saturated carbocycles. The predicted octanol–water partition coefficient (Wildman–Crippen LogP) is 7.56. The van der Waals surface area contributed by atoms with Crippen molar-refractivity contribution in [2.24, 2.45) is 0 Å². The van der Waals surface area contributed by atoms with Gasteiger partial charge in [-0.05, 0) is 68.5 Å². The predicted molar refractivity (Wildman–Crippen MR) is 117 cm³/mol. The van der Waals surface area contributed by atoms with E-state index in [0.29, 0.717) is 6.42 Å². The van der Waals surface area contributed by atoms with Crippen LogP contribution >= 0.6 is 0 Å². The molecule has 0 saturated heterocycles. The van der Waals surface area contributed by atoms with Crippen LogP contribution in [0.1, 0.15) is 77.2 Å². The Kier molecular flexibility index (Phi) is 10.6. The van der Waals surface area contributed by atoms with Gasteiger partial charge in [0.2, 0.25) is 0 Å². The highest BCUT2D eigenvalue weighted by Crippen LogP contribution is 2.21. The van der Waals surface area contributed by atoms with E-state index in [1.54, 1.807) is 6.92 Å². The Morgan fingerprint density at radius 2 is 1.61 bits per heavy atom. The molecule has 2 nitrogen and oxygen atoms in total. The second-order valence-electron chi connectivity index (χ2n) is 7.72. The fourth-order valence-electron chi connectivity index (χ4n) is 3.30. The molecule has 154 valence electrons. The summed E-state index contributed by atoms with van der Waals surface area (Å²) in [6.07, 6.45) is 12.6. The summed E-state index contributed by atoms with van der Waals surface area (Å²) in [6, 6.07) is 12.3. The smallest absolute Gasteiger partial charge is 0.119 e. The molecule has 0 N–H and O–H groups in total. The topological polar surface area (TPSA) is 22.1 Å². The van der Waals surface area contributed by atoms with E-state index >= 15 is 0 Å². The molecule has 3 heteroatoms. The first kappa shape index (κ1) is 22.4. The van der Waals surface area contributed by atoms with Crippen molar-refractivity contribution in [3.63, 3.8) is 0 Å². The van der Waals surface area contributed by atoms with E-state index in [-0.39, 0.29) is 0 Å². The summed E-state index contributed by atoms with van der Waals surface area (Å²) in [7, 11) is 0. The van der Waals surface area contributed by atoms with Crippen molar-refractivity contribution < 1.29 is 9.13 Å². The van der Waals surface area contributed by atoms with Gasteiger partial charge < -0.3 is 4.74 Å². The van der Waals surface area contributed by atoms with Crippen molar-refractivity contribution in [3.8, 4) is 17.0 Å². The lowest BCUT2D eigenvalue weighted by Crippen LogP contribution is -1.97.